The van der Waals surface area contributed by atoms with Gasteiger partial charge in [0.15, 0.2) is 11.5 Å². The fourth-order valence-corrected chi connectivity index (χ4v) is 2.25. The van der Waals surface area contributed by atoms with Crippen molar-refractivity contribution in [3.63, 3.8) is 0 Å². The van der Waals surface area contributed by atoms with Gasteiger partial charge in [-0.1, -0.05) is 0 Å². The third kappa shape index (κ3) is 3.94. The number of alkyl carbamates (subject to hydrolysis) is 1. The number of benzene rings is 1. The predicted octanol–water partition coefficient (Wildman–Crippen LogP) is 1.83. The molecule has 0 fully saturated rings. The number of aromatic nitrogens is 1. The molecular formula is C16H20N2O5. The molecule has 0 saturated heterocycles. The molecule has 1 aromatic heterocycles. The van der Waals surface area contributed by atoms with Crippen molar-refractivity contribution < 1.29 is 19.0 Å². The highest BCUT2D eigenvalue weighted by Crippen LogP contribution is 2.30. The summed E-state index contributed by atoms with van der Waals surface area (Å²) in [6.07, 6.45) is -0.0885. The van der Waals surface area contributed by atoms with E-state index in [1.165, 1.54) is 7.11 Å². The van der Waals surface area contributed by atoms with E-state index >= 15 is 0 Å². The maximum atomic E-state index is 12.1. The zero-order valence-corrected chi connectivity index (χ0v) is 13.4. The molecule has 124 valence electrons. The van der Waals surface area contributed by atoms with E-state index in [-0.39, 0.29) is 5.56 Å². The van der Waals surface area contributed by atoms with Gasteiger partial charge in [-0.25, -0.2) is 4.79 Å². The number of amides is 1. The summed E-state index contributed by atoms with van der Waals surface area (Å²) in [7, 11) is 3.09. The number of pyridine rings is 1. The Kier molecular flexibility index (Phi) is 5.46. The van der Waals surface area contributed by atoms with Gasteiger partial charge >= 0.3 is 6.09 Å². The van der Waals surface area contributed by atoms with Crippen LogP contribution in [0.1, 0.15) is 12.5 Å². The van der Waals surface area contributed by atoms with Crippen LogP contribution >= 0.6 is 0 Å². The van der Waals surface area contributed by atoms with E-state index < -0.39 is 6.09 Å². The molecule has 0 aliphatic rings. The second kappa shape index (κ2) is 7.53. The van der Waals surface area contributed by atoms with E-state index in [0.29, 0.717) is 42.2 Å². The molecule has 7 heteroatoms. The summed E-state index contributed by atoms with van der Waals surface area (Å²) in [5, 5.41) is 3.42. The highest BCUT2D eigenvalue weighted by Gasteiger charge is 2.09. The van der Waals surface area contributed by atoms with E-state index in [1.54, 1.807) is 32.2 Å². The van der Waals surface area contributed by atoms with Crippen LogP contribution in [0.4, 0.5) is 4.79 Å². The smallest absolute Gasteiger partial charge is 0.407 e. The van der Waals surface area contributed by atoms with Crippen LogP contribution in [-0.4, -0.2) is 38.4 Å². The Morgan fingerprint density at radius 2 is 1.87 bits per heavy atom. The van der Waals surface area contributed by atoms with Crippen LogP contribution < -0.4 is 20.3 Å². The SMILES string of the molecule is CCOC(=O)NCCc1cc2cc(OC)c(OC)cc2[nH]c1=O. The molecule has 0 aliphatic heterocycles. The fourth-order valence-electron chi connectivity index (χ4n) is 2.25. The molecule has 0 aliphatic carbocycles. The Labute approximate surface area is 133 Å². The van der Waals surface area contributed by atoms with Gasteiger partial charge in [0.25, 0.3) is 5.56 Å². The average Bonchev–Trinajstić information content (AvgIpc) is 2.54. The molecule has 0 spiro atoms. The molecule has 1 aromatic carbocycles. The summed E-state index contributed by atoms with van der Waals surface area (Å²) in [4.78, 5) is 26.2. The summed E-state index contributed by atoms with van der Waals surface area (Å²) >= 11 is 0. The molecule has 7 nitrogen and oxygen atoms in total. The van der Waals surface area contributed by atoms with E-state index in [0.717, 1.165) is 5.39 Å². The lowest BCUT2D eigenvalue weighted by molar-refractivity contribution is 0.152. The molecular weight excluding hydrogens is 300 g/mol. The molecule has 0 saturated carbocycles. The molecule has 1 amide bonds. The highest BCUT2D eigenvalue weighted by atomic mass is 16.5. The second-order valence-electron chi connectivity index (χ2n) is 4.82. The van der Waals surface area contributed by atoms with Crippen molar-refractivity contribution in [2.75, 3.05) is 27.4 Å². The van der Waals surface area contributed by atoms with Gasteiger partial charge in [0, 0.05) is 23.6 Å². The Bertz CT molecular complexity index is 754. The maximum absolute atomic E-state index is 12.1. The van der Waals surface area contributed by atoms with Gasteiger partial charge in [-0.2, -0.15) is 0 Å². The number of nitrogens with one attached hydrogen (secondary N) is 2. The number of fused-ring (bicyclic) bond motifs is 1. The minimum Gasteiger partial charge on any atom is -0.493 e. The summed E-state index contributed by atoms with van der Waals surface area (Å²) in [5.74, 6) is 1.13. The Morgan fingerprint density at radius 1 is 1.17 bits per heavy atom. The first-order valence-corrected chi connectivity index (χ1v) is 7.27. The molecule has 0 radical (unpaired) electrons. The lowest BCUT2D eigenvalue weighted by Crippen LogP contribution is -2.28. The third-order valence-corrected chi connectivity index (χ3v) is 3.36. The summed E-state index contributed by atoms with van der Waals surface area (Å²) in [6, 6.07) is 5.30. The Morgan fingerprint density at radius 3 is 2.52 bits per heavy atom. The minimum absolute atomic E-state index is 0.199. The van der Waals surface area contributed by atoms with Crippen LogP contribution in [0, 0.1) is 0 Å². The van der Waals surface area contributed by atoms with Gasteiger partial charge in [-0.3, -0.25) is 4.79 Å². The summed E-state index contributed by atoms with van der Waals surface area (Å²) in [5.41, 5.74) is 1.03. The number of aromatic amines is 1. The molecule has 23 heavy (non-hydrogen) atoms. The quantitative estimate of drug-likeness (QED) is 0.847. The predicted molar refractivity (Wildman–Crippen MR) is 86.4 cm³/mol. The zero-order chi connectivity index (χ0) is 16.8. The maximum Gasteiger partial charge on any atom is 0.407 e. The molecule has 0 unspecified atom stereocenters. The molecule has 2 aromatic rings. The van der Waals surface area contributed by atoms with Crippen molar-refractivity contribution in [2.24, 2.45) is 0 Å². The van der Waals surface area contributed by atoms with Crippen molar-refractivity contribution in [3.05, 3.63) is 34.1 Å². The van der Waals surface area contributed by atoms with Crippen LogP contribution in [0.3, 0.4) is 0 Å². The van der Waals surface area contributed by atoms with Gasteiger partial charge in [0.1, 0.15) is 0 Å². The first-order valence-electron chi connectivity index (χ1n) is 7.27. The summed E-state index contributed by atoms with van der Waals surface area (Å²) < 4.78 is 15.3. The normalized spacial score (nSPS) is 10.4. The number of hydrogen-bond acceptors (Lipinski definition) is 5. The topological polar surface area (TPSA) is 89.7 Å². The van der Waals surface area contributed by atoms with Crippen LogP contribution in [0.25, 0.3) is 10.9 Å². The molecule has 0 bridgehead atoms. The van der Waals surface area contributed by atoms with E-state index in [4.69, 9.17) is 14.2 Å². The average molecular weight is 320 g/mol. The van der Waals surface area contributed by atoms with E-state index in [9.17, 15) is 9.59 Å². The lowest BCUT2D eigenvalue weighted by Gasteiger charge is -2.10. The number of hydrogen-bond donors (Lipinski definition) is 2. The van der Waals surface area contributed by atoms with Gasteiger partial charge in [-0.05, 0) is 25.5 Å². The Hall–Kier alpha value is -2.70. The van der Waals surface area contributed by atoms with Gasteiger partial charge in [-0.15, -0.1) is 0 Å². The highest BCUT2D eigenvalue weighted by molar-refractivity contribution is 5.83. The zero-order valence-electron chi connectivity index (χ0n) is 13.4. The van der Waals surface area contributed by atoms with Crippen molar-refractivity contribution >= 4 is 17.0 Å². The molecule has 2 N–H and O–H groups in total. The number of carbonyl (C=O) groups is 1. The monoisotopic (exact) mass is 320 g/mol. The number of carbonyl (C=O) groups excluding carboxylic acids is 1. The largest absolute Gasteiger partial charge is 0.493 e. The van der Waals surface area contributed by atoms with Crippen LogP contribution in [0.15, 0.2) is 23.0 Å². The van der Waals surface area contributed by atoms with Gasteiger partial charge < -0.3 is 24.5 Å². The molecule has 1 heterocycles. The van der Waals surface area contributed by atoms with Crippen molar-refractivity contribution in [1.82, 2.24) is 10.3 Å². The number of ether oxygens (including phenoxy) is 3. The van der Waals surface area contributed by atoms with E-state index in [2.05, 4.69) is 10.3 Å². The summed E-state index contributed by atoms with van der Waals surface area (Å²) in [6.45, 7) is 2.36. The van der Waals surface area contributed by atoms with Gasteiger partial charge in [0.05, 0.1) is 26.3 Å². The molecule has 2 rings (SSSR count). The Balaban J connectivity index is 2.23. The van der Waals surface area contributed by atoms with E-state index in [1.807, 2.05) is 0 Å². The minimum atomic E-state index is -0.490. The van der Waals surface area contributed by atoms with Crippen LogP contribution in [-0.2, 0) is 11.2 Å². The first kappa shape index (κ1) is 16.7. The second-order valence-corrected chi connectivity index (χ2v) is 4.82. The third-order valence-electron chi connectivity index (χ3n) is 3.36. The van der Waals surface area contributed by atoms with Crippen LogP contribution in [0.2, 0.25) is 0 Å². The van der Waals surface area contributed by atoms with Crippen molar-refractivity contribution in [1.29, 1.82) is 0 Å². The lowest BCUT2D eigenvalue weighted by atomic mass is 10.1. The molecule has 0 atom stereocenters. The number of H-pyrrole nitrogens is 1. The van der Waals surface area contributed by atoms with Crippen molar-refractivity contribution in [2.45, 2.75) is 13.3 Å². The number of rotatable bonds is 6. The fraction of sp³-hybridized carbons (Fsp3) is 0.375. The standard InChI is InChI=1S/C16H20N2O5/c1-4-23-16(20)17-6-5-10-7-11-8-13(21-2)14(22-3)9-12(11)18-15(10)19/h7-9H,4-6H2,1-3H3,(H,17,20)(H,18,19). The van der Waals surface area contributed by atoms with Crippen LogP contribution in [0.5, 0.6) is 11.5 Å². The van der Waals surface area contributed by atoms with Gasteiger partial charge in [0.2, 0.25) is 0 Å². The number of methoxy groups -OCH3 is 2. The first-order chi connectivity index (χ1) is 11.1. The van der Waals surface area contributed by atoms with Crippen molar-refractivity contribution in [3.8, 4) is 11.5 Å².